The van der Waals surface area contributed by atoms with Crippen molar-refractivity contribution in [3.63, 3.8) is 0 Å². The number of carbonyl (C=O) groups is 3. The Kier molecular flexibility index (Phi) is 15.0. The van der Waals surface area contributed by atoms with E-state index in [0.29, 0.717) is 0 Å². The minimum absolute atomic E-state index is 0. The Labute approximate surface area is 176 Å². The molecule has 3 N–H and O–H groups in total. The Hall–Kier alpha value is -1.20. The molecule has 0 aromatic heterocycles. The summed E-state index contributed by atoms with van der Waals surface area (Å²) in [4.78, 5) is 30.8. The first kappa shape index (κ1) is 26.8. The molecule has 0 spiro atoms. The third kappa shape index (κ3) is 11.6. The van der Waals surface area contributed by atoms with Crippen molar-refractivity contribution in [2.75, 3.05) is 19.6 Å². The van der Waals surface area contributed by atoms with Crippen LogP contribution in [0.3, 0.4) is 0 Å². The minimum Gasteiger partial charge on any atom is -0.650 e. The molecule has 3 saturated heterocycles. The van der Waals surface area contributed by atoms with Crippen molar-refractivity contribution < 1.29 is 46.5 Å². The van der Waals surface area contributed by atoms with Crippen LogP contribution in [0.5, 0.6) is 0 Å². The molecular formula is C18H30CoN3O6. The summed E-state index contributed by atoms with van der Waals surface area (Å²) in [5.41, 5.74) is 0. The van der Waals surface area contributed by atoms with E-state index in [9.17, 15) is 14.4 Å². The molecule has 28 heavy (non-hydrogen) atoms. The predicted molar refractivity (Wildman–Crippen MR) is 101 cm³/mol. The van der Waals surface area contributed by atoms with E-state index >= 15 is 0 Å². The van der Waals surface area contributed by atoms with E-state index in [1.54, 1.807) is 0 Å². The van der Waals surface area contributed by atoms with Crippen molar-refractivity contribution >= 4 is 17.9 Å². The van der Waals surface area contributed by atoms with Gasteiger partial charge in [0.2, 0.25) is 0 Å². The Morgan fingerprint density at radius 3 is 0.893 bits per heavy atom. The summed E-state index contributed by atoms with van der Waals surface area (Å²) in [6.07, 6.45) is 8.42. The standard InChI is InChI=1S/3C6H10NO2.Co/c3*8-6(9)5-3-1-2-4-7-5;/h3*5H,1-4H2,(H,8,9);/q3*-1;+3. The summed E-state index contributed by atoms with van der Waals surface area (Å²) in [6.45, 7) is 2.20. The van der Waals surface area contributed by atoms with Gasteiger partial charge in [-0.05, 0) is 18.1 Å². The van der Waals surface area contributed by atoms with Crippen LogP contribution in [0.25, 0.3) is 16.0 Å². The van der Waals surface area contributed by atoms with Gasteiger partial charge in [-0.25, -0.2) is 0 Å². The van der Waals surface area contributed by atoms with Gasteiger partial charge in [0, 0.05) is 0 Å². The van der Waals surface area contributed by atoms with Crippen LogP contribution in [-0.4, -0.2) is 71.0 Å². The number of hydrogen-bond acceptors (Lipinski definition) is 3. The maximum atomic E-state index is 10.3. The van der Waals surface area contributed by atoms with E-state index in [1.165, 1.54) is 0 Å². The Bertz CT molecular complexity index is 396. The second-order valence-corrected chi connectivity index (χ2v) is 6.77. The topological polar surface area (TPSA) is 154 Å². The molecule has 3 aliphatic rings. The van der Waals surface area contributed by atoms with Gasteiger partial charge in [-0.2, -0.15) is 0 Å². The third-order valence-corrected chi connectivity index (χ3v) is 4.56. The maximum absolute atomic E-state index is 10.3. The SMILES string of the molecule is O=C(O)C1CCCC[N-]1.O=C(O)C1CCCC[N-]1.O=C(O)C1CCCC[N-]1.[Co+3]. The van der Waals surface area contributed by atoms with Crippen LogP contribution in [0.4, 0.5) is 0 Å². The zero-order valence-electron chi connectivity index (χ0n) is 16.0. The smallest absolute Gasteiger partial charge is 0.650 e. The van der Waals surface area contributed by atoms with E-state index in [2.05, 4.69) is 16.0 Å². The van der Waals surface area contributed by atoms with Crippen LogP contribution in [0, 0.1) is 0 Å². The molecule has 0 aliphatic carbocycles. The molecule has 9 nitrogen and oxygen atoms in total. The summed E-state index contributed by atoms with van der Waals surface area (Å²) in [5, 5.41) is 37.1. The molecular weight excluding hydrogens is 413 g/mol. The fraction of sp³-hybridized carbons (Fsp3) is 0.833. The first-order valence-electron chi connectivity index (χ1n) is 9.60. The predicted octanol–water partition coefficient (Wildman–Crippen LogP) is 2.99. The van der Waals surface area contributed by atoms with Crippen LogP contribution in [-0.2, 0) is 31.2 Å². The Balaban J connectivity index is 0.000000384. The van der Waals surface area contributed by atoms with E-state index in [-0.39, 0.29) is 16.8 Å². The van der Waals surface area contributed by atoms with Gasteiger partial charge < -0.3 is 31.3 Å². The van der Waals surface area contributed by atoms with Crippen LogP contribution < -0.4 is 0 Å². The van der Waals surface area contributed by atoms with Gasteiger partial charge in [0.1, 0.15) is 0 Å². The van der Waals surface area contributed by atoms with Gasteiger partial charge in [0.05, 0.1) is 0 Å². The zero-order chi connectivity index (χ0) is 20.1. The van der Waals surface area contributed by atoms with Gasteiger partial charge in [-0.3, -0.25) is 14.4 Å². The average molecular weight is 443 g/mol. The van der Waals surface area contributed by atoms with Crippen LogP contribution in [0.15, 0.2) is 0 Å². The number of rotatable bonds is 3. The number of aliphatic carboxylic acids is 3. The van der Waals surface area contributed by atoms with E-state index < -0.39 is 36.0 Å². The van der Waals surface area contributed by atoms with Gasteiger partial charge in [0.15, 0.2) is 0 Å². The van der Waals surface area contributed by atoms with Crippen LogP contribution >= 0.6 is 0 Å². The maximum Gasteiger partial charge on any atom is 3.00 e. The fourth-order valence-electron chi connectivity index (χ4n) is 2.97. The van der Waals surface area contributed by atoms with Gasteiger partial charge in [-0.1, -0.05) is 57.8 Å². The monoisotopic (exact) mass is 443 g/mol. The minimum atomic E-state index is -0.769. The molecule has 0 aromatic rings. The summed E-state index contributed by atoms with van der Waals surface area (Å²) in [5.74, 6) is -2.31. The molecule has 3 unspecified atom stereocenters. The quantitative estimate of drug-likeness (QED) is 0.609. The third-order valence-electron chi connectivity index (χ3n) is 4.56. The van der Waals surface area contributed by atoms with Crippen molar-refractivity contribution in [1.82, 2.24) is 0 Å². The van der Waals surface area contributed by atoms with Gasteiger partial charge in [0.25, 0.3) is 17.9 Å². The second kappa shape index (κ2) is 15.7. The zero-order valence-corrected chi connectivity index (χ0v) is 17.0. The van der Waals surface area contributed by atoms with E-state index in [4.69, 9.17) is 15.3 Å². The molecule has 0 aromatic carbocycles. The molecule has 0 bridgehead atoms. The van der Waals surface area contributed by atoms with Crippen LogP contribution in [0.2, 0.25) is 0 Å². The Morgan fingerprint density at radius 1 is 0.536 bits per heavy atom. The number of hydrogen-bond donors (Lipinski definition) is 3. The first-order valence-corrected chi connectivity index (χ1v) is 9.60. The summed E-state index contributed by atoms with van der Waals surface area (Å²) in [6, 6.07) is -1.21. The van der Waals surface area contributed by atoms with Crippen molar-refractivity contribution in [3.8, 4) is 0 Å². The van der Waals surface area contributed by atoms with Crippen LogP contribution in [0.1, 0.15) is 57.8 Å². The largest absolute Gasteiger partial charge is 3.00 e. The first-order chi connectivity index (χ1) is 12.9. The molecule has 3 aliphatic heterocycles. The van der Waals surface area contributed by atoms with Gasteiger partial charge >= 0.3 is 16.8 Å². The van der Waals surface area contributed by atoms with Crippen molar-refractivity contribution in [2.45, 2.75) is 75.9 Å². The van der Waals surface area contributed by atoms with Crippen molar-refractivity contribution in [1.29, 1.82) is 0 Å². The number of nitrogens with zero attached hydrogens (tertiary/aromatic N) is 3. The number of piperidine rings is 3. The molecule has 3 atom stereocenters. The van der Waals surface area contributed by atoms with Crippen molar-refractivity contribution in [2.24, 2.45) is 0 Å². The summed E-state index contributed by atoms with van der Waals surface area (Å²) >= 11 is 0. The molecule has 10 heteroatoms. The Morgan fingerprint density at radius 2 is 0.786 bits per heavy atom. The number of carboxylic acids is 3. The summed E-state index contributed by atoms with van der Waals surface area (Å²) < 4.78 is 0. The molecule has 162 valence electrons. The molecule has 0 amide bonds. The summed E-state index contributed by atoms with van der Waals surface area (Å²) in [7, 11) is 0. The molecule has 0 radical (unpaired) electrons. The fourth-order valence-corrected chi connectivity index (χ4v) is 2.97. The molecule has 0 saturated carbocycles. The molecule has 3 heterocycles. The average Bonchev–Trinajstić information content (AvgIpc) is 2.71. The van der Waals surface area contributed by atoms with Crippen molar-refractivity contribution in [3.05, 3.63) is 16.0 Å². The van der Waals surface area contributed by atoms with E-state index in [0.717, 1.165) is 77.4 Å². The molecule has 3 fully saturated rings. The second-order valence-electron chi connectivity index (χ2n) is 6.77. The normalized spacial score (nSPS) is 26.8. The molecule has 3 rings (SSSR count). The van der Waals surface area contributed by atoms with Gasteiger partial charge in [-0.15, -0.1) is 19.6 Å². The van der Waals surface area contributed by atoms with E-state index in [1.807, 2.05) is 0 Å². The number of carboxylic acid groups (broad SMARTS) is 3.